The second-order valence-corrected chi connectivity index (χ2v) is 8.81. The molecule has 36 heavy (non-hydrogen) atoms. The zero-order valence-electron chi connectivity index (χ0n) is 20.8. The van der Waals surface area contributed by atoms with Gasteiger partial charge >= 0.3 is 0 Å². The van der Waals surface area contributed by atoms with E-state index in [0.29, 0.717) is 25.3 Å². The van der Waals surface area contributed by atoms with Gasteiger partial charge in [0.1, 0.15) is 11.8 Å². The predicted molar refractivity (Wildman–Crippen MR) is 144 cm³/mol. The van der Waals surface area contributed by atoms with Crippen molar-refractivity contribution in [2.45, 2.75) is 32.9 Å². The minimum absolute atomic E-state index is 0.162. The first-order valence-corrected chi connectivity index (χ1v) is 12.3. The Labute approximate surface area is 212 Å². The van der Waals surface area contributed by atoms with Gasteiger partial charge in [-0.1, -0.05) is 91.0 Å². The SMILES string of the molecule is CCNC(=O)C(Cc1ccccc1)N(Cc1ccccc1C)C(=O)COc1cccc2ccccc12. The fraction of sp³-hybridized carbons (Fsp3) is 0.226. The zero-order chi connectivity index (χ0) is 25.3. The Bertz CT molecular complexity index is 1310. The molecule has 0 saturated heterocycles. The van der Waals surface area contributed by atoms with E-state index in [1.54, 1.807) is 4.90 Å². The third-order valence-corrected chi connectivity index (χ3v) is 6.32. The maximum absolute atomic E-state index is 13.7. The Hall–Kier alpha value is -4.12. The Morgan fingerprint density at radius 1 is 0.861 bits per heavy atom. The predicted octanol–water partition coefficient (Wildman–Crippen LogP) is 5.30. The van der Waals surface area contributed by atoms with Gasteiger partial charge in [-0.2, -0.15) is 0 Å². The topological polar surface area (TPSA) is 58.6 Å². The summed E-state index contributed by atoms with van der Waals surface area (Å²) in [4.78, 5) is 28.7. The highest BCUT2D eigenvalue weighted by Gasteiger charge is 2.30. The molecule has 4 aromatic rings. The van der Waals surface area contributed by atoms with Crippen LogP contribution in [0, 0.1) is 6.92 Å². The largest absolute Gasteiger partial charge is 0.483 e. The summed E-state index contributed by atoms with van der Waals surface area (Å²) in [6.07, 6.45) is 0.415. The summed E-state index contributed by atoms with van der Waals surface area (Å²) >= 11 is 0. The number of amides is 2. The van der Waals surface area contributed by atoms with E-state index in [1.807, 2.05) is 111 Å². The molecule has 1 atom stereocenters. The molecule has 0 aliphatic rings. The van der Waals surface area contributed by atoms with E-state index >= 15 is 0 Å². The van der Waals surface area contributed by atoms with Gasteiger partial charge in [0, 0.05) is 24.9 Å². The first kappa shape index (κ1) is 25.0. The first-order valence-electron chi connectivity index (χ1n) is 12.3. The maximum Gasteiger partial charge on any atom is 0.261 e. The third-order valence-electron chi connectivity index (χ3n) is 6.32. The first-order chi connectivity index (χ1) is 17.6. The van der Waals surface area contributed by atoms with E-state index in [-0.39, 0.29) is 18.4 Å². The minimum Gasteiger partial charge on any atom is -0.483 e. The second-order valence-electron chi connectivity index (χ2n) is 8.81. The third kappa shape index (κ3) is 6.11. The number of nitrogens with zero attached hydrogens (tertiary/aromatic N) is 1. The Kier molecular flexibility index (Phi) is 8.35. The van der Waals surface area contributed by atoms with Gasteiger partial charge in [-0.15, -0.1) is 0 Å². The lowest BCUT2D eigenvalue weighted by atomic mass is 10.0. The lowest BCUT2D eigenvalue weighted by Gasteiger charge is -2.32. The molecule has 0 aliphatic carbocycles. The van der Waals surface area contributed by atoms with Gasteiger partial charge < -0.3 is 15.0 Å². The number of benzene rings is 4. The number of carbonyl (C=O) groups excluding carboxylic acids is 2. The van der Waals surface area contributed by atoms with Crippen LogP contribution in [0.1, 0.15) is 23.6 Å². The van der Waals surface area contributed by atoms with Crippen LogP contribution >= 0.6 is 0 Å². The van der Waals surface area contributed by atoms with E-state index in [2.05, 4.69) is 5.32 Å². The number of rotatable bonds is 10. The number of hydrogen-bond acceptors (Lipinski definition) is 3. The summed E-state index contributed by atoms with van der Waals surface area (Å²) in [5, 5.41) is 4.92. The van der Waals surface area contributed by atoms with Gasteiger partial charge in [0.25, 0.3) is 5.91 Å². The molecule has 5 nitrogen and oxygen atoms in total. The van der Waals surface area contributed by atoms with Crippen molar-refractivity contribution in [1.29, 1.82) is 0 Å². The van der Waals surface area contributed by atoms with Crippen LogP contribution in [0.3, 0.4) is 0 Å². The summed E-state index contributed by atoms with van der Waals surface area (Å²) in [7, 11) is 0. The number of ether oxygens (including phenoxy) is 1. The van der Waals surface area contributed by atoms with Gasteiger partial charge in [0.05, 0.1) is 0 Å². The molecular weight excluding hydrogens is 448 g/mol. The molecular formula is C31H32N2O3. The molecule has 0 bridgehead atoms. The molecule has 0 aromatic heterocycles. The minimum atomic E-state index is -0.671. The number of carbonyl (C=O) groups is 2. The van der Waals surface area contributed by atoms with Crippen LogP contribution in [0.4, 0.5) is 0 Å². The molecule has 0 saturated carbocycles. The molecule has 0 fully saturated rings. The van der Waals surface area contributed by atoms with E-state index in [0.717, 1.165) is 27.5 Å². The molecule has 0 aliphatic heterocycles. The maximum atomic E-state index is 13.7. The number of likely N-dealkylation sites (N-methyl/N-ethyl adjacent to an activating group) is 1. The average Bonchev–Trinajstić information content (AvgIpc) is 2.91. The molecule has 1 N–H and O–H groups in total. The second kappa shape index (κ2) is 12.0. The number of aryl methyl sites for hydroxylation is 1. The van der Waals surface area contributed by atoms with Gasteiger partial charge in [0.2, 0.25) is 5.91 Å². The monoisotopic (exact) mass is 480 g/mol. The van der Waals surface area contributed by atoms with Crippen molar-refractivity contribution in [1.82, 2.24) is 10.2 Å². The van der Waals surface area contributed by atoms with Gasteiger partial charge in [-0.05, 0) is 42.0 Å². The Morgan fingerprint density at radius 2 is 1.56 bits per heavy atom. The van der Waals surface area contributed by atoms with Crippen molar-refractivity contribution < 1.29 is 14.3 Å². The highest BCUT2D eigenvalue weighted by molar-refractivity contribution is 5.90. The fourth-order valence-electron chi connectivity index (χ4n) is 4.36. The molecule has 2 amide bonds. The van der Waals surface area contributed by atoms with Crippen molar-refractivity contribution in [2.75, 3.05) is 13.2 Å². The average molecular weight is 481 g/mol. The summed E-state index contributed by atoms with van der Waals surface area (Å²) in [5.41, 5.74) is 3.06. The highest BCUT2D eigenvalue weighted by atomic mass is 16.5. The van der Waals surface area contributed by atoms with Gasteiger partial charge in [-0.3, -0.25) is 9.59 Å². The summed E-state index contributed by atoms with van der Waals surface area (Å²) < 4.78 is 6.05. The van der Waals surface area contributed by atoms with Crippen molar-refractivity contribution >= 4 is 22.6 Å². The normalized spacial score (nSPS) is 11.6. The van der Waals surface area contributed by atoms with Crippen LogP contribution in [0.25, 0.3) is 10.8 Å². The van der Waals surface area contributed by atoms with E-state index in [1.165, 1.54) is 0 Å². The lowest BCUT2D eigenvalue weighted by Crippen LogP contribution is -2.51. The van der Waals surface area contributed by atoms with Gasteiger partial charge in [0.15, 0.2) is 6.61 Å². The lowest BCUT2D eigenvalue weighted by molar-refractivity contribution is -0.142. The van der Waals surface area contributed by atoms with Crippen LogP contribution in [0.2, 0.25) is 0 Å². The molecule has 1 unspecified atom stereocenters. The molecule has 184 valence electrons. The van der Waals surface area contributed by atoms with Crippen LogP contribution in [0.5, 0.6) is 5.75 Å². The van der Waals surface area contributed by atoms with Crippen LogP contribution < -0.4 is 10.1 Å². The van der Waals surface area contributed by atoms with E-state index in [9.17, 15) is 9.59 Å². The Balaban J connectivity index is 1.64. The number of hydrogen-bond donors (Lipinski definition) is 1. The van der Waals surface area contributed by atoms with E-state index < -0.39 is 6.04 Å². The van der Waals surface area contributed by atoms with Crippen molar-refractivity contribution in [3.05, 3.63) is 114 Å². The zero-order valence-corrected chi connectivity index (χ0v) is 20.8. The molecule has 0 radical (unpaired) electrons. The fourth-order valence-corrected chi connectivity index (χ4v) is 4.36. The molecule has 0 spiro atoms. The Morgan fingerprint density at radius 3 is 2.33 bits per heavy atom. The van der Waals surface area contributed by atoms with Gasteiger partial charge in [-0.25, -0.2) is 0 Å². The quantitative estimate of drug-likeness (QED) is 0.335. The molecule has 4 aromatic carbocycles. The highest BCUT2D eigenvalue weighted by Crippen LogP contribution is 2.25. The standard InChI is InChI=1S/C31H32N2O3/c1-3-32-31(35)28(20-24-13-5-4-6-14-24)33(21-26-16-8-7-12-23(26)2)30(34)22-36-29-19-11-17-25-15-9-10-18-27(25)29/h4-19,28H,3,20-22H2,1-2H3,(H,32,35). The molecule has 4 rings (SSSR count). The number of nitrogens with one attached hydrogen (secondary N) is 1. The molecule has 5 heteroatoms. The smallest absolute Gasteiger partial charge is 0.261 e. The summed E-state index contributed by atoms with van der Waals surface area (Å²) in [5.74, 6) is 0.238. The van der Waals surface area contributed by atoms with Crippen LogP contribution in [-0.4, -0.2) is 35.9 Å². The van der Waals surface area contributed by atoms with Crippen molar-refractivity contribution in [3.8, 4) is 5.75 Å². The van der Waals surface area contributed by atoms with E-state index in [4.69, 9.17) is 4.74 Å². The summed E-state index contributed by atoms with van der Waals surface area (Å²) in [6.45, 7) is 4.55. The molecule has 0 heterocycles. The number of fused-ring (bicyclic) bond motifs is 1. The van der Waals surface area contributed by atoms with Crippen molar-refractivity contribution in [2.24, 2.45) is 0 Å². The summed E-state index contributed by atoms with van der Waals surface area (Å²) in [6, 6.07) is 30.8. The van der Waals surface area contributed by atoms with Crippen molar-refractivity contribution in [3.63, 3.8) is 0 Å². The van der Waals surface area contributed by atoms with Crippen LogP contribution in [0.15, 0.2) is 97.1 Å². The van der Waals surface area contributed by atoms with Crippen LogP contribution in [-0.2, 0) is 22.6 Å².